The molecule has 0 saturated heterocycles. The zero-order chi connectivity index (χ0) is 20.4. The largest absolute Gasteiger partial charge is 0.465 e. The molecule has 1 aliphatic heterocycles. The van der Waals surface area contributed by atoms with E-state index in [0.29, 0.717) is 6.42 Å². The van der Waals surface area contributed by atoms with Crippen LogP contribution in [-0.4, -0.2) is 42.1 Å². The summed E-state index contributed by atoms with van der Waals surface area (Å²) in [5.41, 5.74) is 4.91. The van der Waals surface area contributed by atoms with Gasteiger partial charge in [-0.2, -0.15) is 0 Å². The molecule has 1 heterocycles. The maximum Gasteiger partial charge on any atom is 0.405 e. The van der Waals surface area contributed by atoms with E-state index in [2.05, 4.69) is 34.5 Å². The summed E-state index contributed by atoms with van der Waals surface area (Å²) in [7, 11) is 4.07. The van der Waals surface area contributed by atoms with Gasteiger partial charge in [-0.15, -0.1) is 0 Å². The molecule has 0 bridgehead atoms. The van der Waals surface area contributed by atoms with Crippen LogP contribution < -0.4 is 10.2 Å². The van der Waals surface area contributed by atoms with E-state index in [4.69, 9.17) is 0 Å². The summed E-state index contributed by atoms with van der Waals surface area (Å²) in [5.74, 6) is -0.0386. The minimum Gasteiger partial charge on any atom is -0.465 e. The van der Waals surface area contributed by atoms with Gasteiger partial charge in [-0.25, -0.2) is 4.79 Å². The van der Waals surface area contributed by atoms with Gasteiger partial charge in [0.15, 0.2) is 0 Å². The number of amides is 2. The Balaban J connectivity index is 2.00. The summed E-state index contributed by atoms with van der Waals surface area (Å²) in [6, 6.07) is 13.9. The number of carbonyl (C=O) groups excluding carboxylic acids is 1. The minimum absolute atomic E-state index is 0.0386. The van der Waals surface area contributed by atoms with Crippen molar-refractivity contribution in [1.82, 2.24) is 10.2 Å². The standard InChI is InChI=1S/C22H27N3O3/c1-14-11-20(23-22(27)28)19-12-18(9-10-21(19)25(14)15(2)26)17-7-5-16(6-8-17)13-24(3)4/h5-10,12,14,20,23H,11,13H2,1-4H3,(H,27,28)/t14-,20+/m0/s1. The van der Waals surface area contributed by atoms with Crippen molar-refractivity contribution in [2.24, 2.45) is 0 Å². The molecule has 0 spiro atoms. The molecule has 0 saturated carbocycles. The predicted octanol–water partition coefficient (Wildman–Crippen LogP) is 3.87. The average Bonchev–Trinajstić information content (AvgIpc) is 2.61. The second-order valence-electron chi connectivity index (χ2n) is 7.68. The number of benzene rings is 2. The van der Waals surface area contributed by atoms with Crippen LogP contribution in [0.2, 0.25) is 0 Å². The molecule has 2 atom stereocenters. The lowest BCUT2D eigenvalue weighted by atomic mass is 9.89. The second kappa shape index (κ2) is 8.02. The van der Waals surface area contributed by atoms with E-state index >= 15 is 0 Å². The van der Waals surface area contributed by atoms with Crippen LogP contribution >= 0.6 is 0 Å². The van der Waals surface area contributed by atoms with Crippen LogP contribution in [0, 0.1) is 0 Å². The number of hydrogen-bond acceptors (Lipinski definition) is 3. The van der Waals surface area contributed by atoms with E-state index in [0.717, 1.165) is 28.9 Å². The molecular formula is C22H27N3O3. The fourth-order valence-electron chi connectivity index (χ4n) is 3.98. The van der Waals surface area contributed by atoms with E-state index < -0.39 is 6.09 Å². The normalized spacial score (nSPS) is 18.7. The Morgan fingerprint density at radius 2 is 1.79 bits per heavy atom. The number of rotatable bonds is 4. The molecule has 1 aliphatic rings. The van der Waals surface area contributed by atoms with Crippen LogP contribution in [0.1, 0.15) is 37.4 Å². The van der Waals surface area contributed by atoms with Gasteiger partial charge in [-0.1, -0.05) is 30.3 Å². The lowest BCUT2D eigenvalue weighted by molar-refractivity contribution is -0.117. The van der Waals surface area contributed by atoms with Crippen LogP contribution in [0.4, 0.5) is 10.5 Å². The van der Waals surface area contributed by atoms with E-state index in [1.165, 1.54) is 5.56 Å². The predicted molar refractivity (Wildman–Crippen MR) is 110 cm³/mol. The summed E-state index contributed by atoms with van der Waals surface area (Å²) in [4.78, 5) is 27.3. The molecule has 6 heteroatoms. The smallest absolute Gasteiger partial charge is 0.405 e. The zero-order valence-electron chi connectivity index (χ0n) is 16.8. The third kappa shape index (κ3) is 4.17. The number of nitrogens with one attached hydrogen (secondary N) is 1. The fourth-order valence-corrected chi connectivity index (χ4v) is 3.98. The highest BCUT2D eigenvalue weighted by atomic mass is 16.4. The third-order valence-electron chi connectivity index (χ3n) is 5.10. The highest BCUT2D eigenvalue weighted by Gasteiger charge is 2.33. The Hall–Kier alpha value is -2.86. The van der Waals surface area contributed by atoms with E-state index in [9.17, 15) is 14.7 Å². The van der Waals surface area contributed by atoms with Gasteiger partial charge in [0.2, 0.25) is 5.91 Å². The van der Waals surface area contributed by atoms with Crippen LogP contribution in [-0.2, 0) is 11.3 Å². The Morgan fingerprint density at radius 3 is 2.36 bits per heavy atom. The van der Waals surface area contributed by atoms with Gasteiger partial charge >= 0.3 is 6.09 Å². The van der Waals surface area contributed by atoms with Crippen molar-refractivity contribution in [3.8, 4) is 11.1 Å². The topological polar surface area (TPSA) is 72.9 Å². The molecule has 28 heavy (non-hydrogen) atoms. The molecule has 2 aromatic rings. The molecule has 3 rings (SSSR count). The van der Waals surface area contributed by atoms with Crippen LogP contribution in [0.25, 0.3) is 11.1 Å². The first kappa shape index (κ1) is 19.9. The number of fused-ring (bicyclic) bond motifs is 1. The highest BCUT2D eigenvalue weighted by molar-refractivity contribution is 5.94. The number of nitrogens with zero attached hydrogens (tertiary/aromatic N) is 2. The maximum absolute atomic E-state index is 12.2. The SMILES string of the molecule is CC(=O)N1c2ccc(-c3ccc(CN(C)C)cc3)cc2[C@H](NC(=O)O)C[C@@H]1C. The van der Waals surface area contributed by atoms with Crippen molar-refractivity contribution in [3.63, 3.8) is 0 Å². The average molecular weight is 381 g/mol. The molecule has 6 nitrogen and oxygen atoms in total. The van der Waals surface area contributed by atoms with Gasteiger partial charge < -0.3 is 20.2 Å². The first-order chi connectivity index (χ1) is 13.3. The molecule has 0 aliphatic carbocycles. The zero-order valence-corrected chi connectivity index (χ0v) is 16.8. The fraction of sp³-hybridized carbons (Fsp3) is 0.364. The van der Waals surface area contributed by atoms with Crippen molar-refractivity contribution in [2.75, 3.05) is 19.0 Å². The molecule has 0 fully saturated rings. The van der Waals surface area contributed by atoms with Gasteiger partial charge in [-0.05, 0) is 61.8 Å². The van der Waals surface area contributed by atoms with Gasteiger partial charge in [0.1, 0.15) is 0 Å². The van der Waals surface area contributed by atoms with E-state index in [-0.39, 0.29) is 18.0 Å². The monoisotopic (exact) mass is 381 g/mol. The summed E-state index contributed by atoms with van der Waals surface area (Å²) >= 11 is 0. The molecule has 2 aromatic carbocycles. The van der Waals surface area contributed by atoms with Gasteiger partial charge in [0, 0.05) is 25.2 Å². The lowest BCUT2D eigenvalue weighted by Crippen LogP contribution is -2.45. The van der Waals surface area contributed by atoms with E-state index in [1.807, 2.05) is 39.2 Å². The van der Waals surface area contributed by atoms with Crippen molar-refractivity contribution >= 4 is 17.7 Å². The van der Waals surface area contributed by atoms with Crippen molar-refractivity contribution in [2.45, 2.75) is 38.9 Å². The first-order valence-electron chi connectivity index (χ1n) is 9.43. The van der Waals surface area contributed by atoms with Crippen molar-refractivity contribution in [3.05, 3.63) is 53.6 Å². The van der Waals surface area contributed by atoms with Crippen molar-refractivity contribution < 1.29 is 14.7 Å². The Kier molecular flexibility index (Phi) is 5.70. The number of carbonyl (C=O) groups is 2. The Morgan fingerprint density at radius 1 is 1.14 bits per heavy atom. The van der Waals surface area contributed by atoms with Gasteiger partial charge in [0.25, 0.3) is 0 Å². The molecule has 148 valence electrons. The molecular weight excluding hydrogens is 354 g/mol. The molecule has 2 amide bonds. The molecule has 0 aromatic heterocycles. The summed E-state index contributed by atoms with van der Waals surface area (Å²) in [6.07, 6.45) is -0.512. The summed E-state index contributed by atoms with van der Waals surface area (Å²) in [6.45, 7) is 4.36. The summed E-state index contributed by atoms with van der Waals surface area (Å²) < 4.78 is 0. The number of anilines is 1. The Bertz CT molecular complexity index is 877. The number of hydrogen-bond donors (Lipinski definition) is 2. The lowest BCUT2D eigenvalue weighted by Gasteiger charge is -2.39. The van der Waals surface area contributed by atoms with E-state index in [1.54, 1.807) is 11.8 Å². The molecule has 2 N–H and O–H groups in total. The molecule has 0 radical (unpaired) electrons. The van der Waals surface area contributed by atoms with Gasteiger partial charge in [-0.3, -0.25) is 4.79 Å². The van der Waals surface area contributed by atoms with Crippen LogP contribution in [0.15, 0.2) is 42.5 Å². The van der Waals surface area contributed by atoms with Crippen LogP contribution in [0.5, 0.6) is 0 Å². The Labute approximate surface area is 165 Å². The third-order valence-corrected chi connectivity index (χ3v) is 5.10. The summed E-state index contributed by atoms with van der Waals surface area (Å²) in [5, 5.41) is 11.9. The maximum atomic E-state index is 12.2. The number of carboxylic acid groups (broad SMARTS) is 1. The van der Waals surface area contributed by atoms with Gasteiger partial charge in [0.05, 0.1) is 6.04 Å². The molecule has 0 unspecified atom stereocenters. The van der Waals surface area contributed by atoms with Crippen LogP contribution in [0.3, 0.4) is 0 Å². The highest BCUT2D eigenvalue weighted by Crippen LogP contribution is 2.39. The second-order valence-corrected chi connectivity index (χ2v) is 7.68. The first-order valence-corrected chi connectivity index (χ1v) is 9.43. The van der Waals surface area contributed by atoms with Crippen molar-refractivity contribution in [1.29, 1.82) is 0 Å². The quantitative estimate of drug-likeness (QED) is 0.843. The minimum atomic E-state index is -1.06.